The Labute approximate surface area is 166 Å². The van der Waals surface area contributed by atoms with Gasteiger partial charge in [-0.3, -0.25) is 4.79 Å². The lowest BCUT2D eigenvalue weighted by Crippen LogP contribution is -2.61. The maximum absolute atomic E-state index is 12.9. The van der Waals surface area contributed by atoms with E-state index in [4.69, 9.17) is 4.74 Å². The number of rotatable bonds is 6. The number of hydrogen-bond donors (Lipinski definition) is 4. The van der Waals surface area contributed by atoms with Gasteiger partial charge in [0.15, 0.2) is 0 Å². The van der Waals surface area contributed by atoms with Crippen LogP contribution in [0.25, 0.3) is 0 Å². The first kappa shape index (κ1) is 20.8. The Morgan fingerprint density at radius 1 is 1.21 bits per heavy atom. The van der Waals surface area contributed by atoms with Crippen LogP contribution >= 0.6 is 11.3 Å². The number of thiazole rings is 1. The molecule has 0 bridgehead atoms. The Bertz CT molecular complexity index is 784. The van der Waals surface area contributed by atoms with Gasteiger partial charge in [-0.25, -0.2) is 4.98 Å². The molecule has 1 aromatic heterocycles. The lowest BCUT2D eigenvalue weighted by molar-refractivity contribution is -0.231. The average molecular weight is 408 g/mol. The molecule has 1 aliphatic rings. The van der Waals surface area contributed by atoms with Crippen LogP contribution in [0, 0.1) is 6.92 Å². The number of carbonyl (C=O) groups is 1. The fraction of sp³-hybridized carbons (Fsp3) is 0.474. The minimum atomic E-state index is -1.48. The van der Waals surface area contributed by atoms with Gasteiger partial charge in [0, 0.05) is 11.9 Å². The number of ether oxygens (including phenoxy) is 1. The van der Waals surface area contributed by atoms with E-state index in [0.29, 0.717) is 0 Å². The van der Waals surface area contributed by atoms with Gasteiger partial charge in [-0.15, -0.1) is 11.3 Å². The Morgan fingerprint density at radius 3 is 2.61 bits per heavy atom. The zero-order chi connectivity index (χ0) is 20.3. The number of nitrogens with zero attached hydrogens (tertiary/aromatic N) is 2. The molecule has 1 fully saturated rings. The maximum Gasteiger partial charge on any atom is 0.273 e. The predicted molar refractivity (Wildman–Crippen MR) is 102 cm³/mol. The highest BCUT2D eigenvalue weighted by molar-refractivity contribution is 7.07. The van der Waals surface area contributed by atoms with Crippen LogP contribution in [0.15, 0.2) is 35.2 Å². The van der Waals surface area contributed by atoms with Crippen LogP contribution < -0.4 is 0 Å². The number of aryl methyl sites for hydroxylation is 1. The largest absolute Gasteiger partial charge is 0.394 e. The van der Waals surface area contributed by atoms with Gasteiger partial charge in [0.25, 0.3) is 5.91 Å². The smallest absolute Gasteiger partial charge is 0.273 e. The first-order chi connectivity index (χ1) is 13.4. The first-order valence-corrected chi connectivity index (χ1v) is 9.88. The minimum Gasteiger partial charge on any atom is -0.394 e. The molecule has 0 unspecified atom stereocenters. The second kappa shape index (κ2) is 9.08. The van der Waals surface area contributed by atoms with E-state index in [1.807, 2.05) is 31.2 Å². The highest BCUT2D eigenvalue weighted by Gasteiger charge is 2.44. The average Bonchev–Trinajstić information content (AvgIpc) is 3.22. The van der Waals surface area contributed by atoms with Crippen molar-refractivity contribution in [1.29, 1.82) is 0 Å². The Hall–Kier alpha value is -1.88. The highest BCUT2D eigenvalue weighted by atomic mass is 32.1. The molecular formula is C19H24N2O6S. The van der Waals surface area contributed by atoms with Gasteiger partial charge in [-0.05, 0) is 12.5 Å². The summed E-state index contributed by atoms with van der Waals surface area (Å²) in [5, 5.41) is 41.3. The summed E-state index contributed by atoms with van der Waals surface area (Å²) in [4.78, 5) is 18.5. The van der Waals surface area contributed by atoms with E-state index in [1.165, 1.54) is 16.2 Å². The molecule has 8 nitrogen and oxygen atoms in total. The molecular weight excluding hydrogens is 384 g/mol. The van der Waals surface area contributed by atoms with Crippen LogP contribution in [0.3, 0.4) is 0 Å². The Morgan fingerprint density at radius 2 is 1.96 bits per heavy atom. The molecule has 0 radical (unpaired) electrons. The van der Waals surface area contributed by atoms with Crippen molar-refractivity contribution in [1.82, 2.24) is 9.88 Å². The van der Waals surface area contributed by atoms with Gasteiger partial charge in [0.05, 0.1) is 18.7 Å². The number of benzene rings is 1. The van der Waals surface area contributed by atoms with Crippen LogP contribution in [0.4, 0.5) is 0 Å². The number of carbonyl (C=O) groups excluding carboxylic acids is 1. The van der Waals surface area contributed by atoms with Gasteiger partial charge in [0.2, 0.25) is 0 Å². The summed E-state index contributed by atoms with van der Waals surface area (Å²) in [7, 11) is 0. The van der Waals surface area contributed by atoms with E-state index in [0.717, 1.165) is 11.1 Å². The molecule has 2 aromatic rings. The summed E-state index contributed by atoms with van der Waals surface area (Å²) in [6, 6.07) is 7.69. The van der Waals surface area contributed by atoms with Gasteiger partial charge in [0.1, 0.15) is 36.2 Å². The van der Waals surface area contributed by atoms with E-state index < -0.39 is 37.1 Å². The van der Waals surface area contributed by atoms with Crippen molar-refractivity contribution < 1.29 is 30.0 Å². The molecule has 28 heavy (non-hydrogen) atoms. The molecule has 9 heteroatoms. The predicted octanol–water partition coefficient (Wildman–Crippen LogP) is -0.0637. The van der Waals surface area contributed by atoms with Crippen LogP contribution in [-0.2, 0) is 11.3 Å². The van der Waals surface area contributed by atoms with E-state index >= 15 is 0 Å². The molecule has 0 aliphatic carbocycles. The van der Waals surface area contributed by atoms with E-state index in [2.05, 4.69) is 4.98 Å². The first-order valence-electron chi connectivity index (χ1n) is 8.94. The standard InChI is InChI=1S/C19H24N2O6S/c1-11-3-2-4-12(5-11)6-21(19(26)13-9-28-10-20-13)7-14-16(23)18(25)17(24)15(8-22)27-14/h2-5,9-10,14-18,22-25H,6-8H2,1H3/t14-,15+,16+,17+,18+/m0/s1. The van der Waals surface area contributed by atoms with Crippen molar-refractivity contribution in [2.45, 2.75) is 44.0 Å². The molecule has 1 amide bonds. The topological polar surface area (TPSA) is 123 Å². The summed E-state index contributed by atoms with van der Waals surface area (Å²) < 4.78 is 5.57. The summed E-state index contributed by atoms with van der Waals surface area (Å²) in [6.07, 6.45) is -6.30. The number of amides is 1. The summed E-state index contributed by atoms with van der Waals surface area (Å²) in [5.74, 6) is -0.334. The van der Waals surface area contributed by atoms with Crippen LogP contribution in [0.1, 0.15) is 21.6 Å². The molecule has 1 aromatic carbocycles. The zero-order valence-electron chi connectivity index (χ0n) is 15.4. The second-order valence-electron chi connectivity index (χ2n) is 6.92. The van der Waals surface area contributed by atoms with Crippen molar-refractivity contribution in [2.24, 2.45) is 0 Å². The van der Waals surface area contributed by atoms with Gasteiger partial charge < -0.3 is 30.1 Å². The molecule has 5 atom stereocenters. The molecule has 1 aliphatic heterocycles. The third-order valence-electron chi connectivity index (χ3n) is 4.79. The van der Waals surface area contributed by atoms with Crippen molar-refractivity contribution in [3.8, 4) is 0 Å². The van der Waals surface area contributed by atoms with Crippen LogP contribution in [0.2, 0.25) is 0 Å². The summed E-state index contributed by atoms with van der Waals surface area (Å²) >= 11 is 1.30. The lowest BCUT2D eigenvalue weighted by atomic mass is 9.94. The quantitative estimate of drug-likeness (QED) is 0.528. The van der Waals surface area contributed by atoms with Crippen molar-refractivity contribution in [3.05, 3.63) is 52.0 Å². The van der Waals surface area contributed by atoms with Gasteiger partial charge in [-0.1, -0.05) is 29.8 Å². The summed E-state index contributed by atoms with van der Waals surface area (Å²) in [6.45, 7) is 1.66. The molecule has 152 valence electrons. The fourth-order valence-electron chi connectivity index (χ4n) is 3.28. The number of aliphatic hydroxyl groups is 4. The lowest BCUT2D eigenvalue weighted by Gasteiger charge is -2.41. The minimum absolute atomic E-state index is 0.0360. The third kappa shape index (κ3) is 4.57. The molecule has 4 N–H and O–H groups in total. The van der Waals surface area contributed by atoms with Crippen molar-refractivity contribution in [2.75, 3.05) is 13.2 Å². The van der Waals surface area contributed by atoms with Crippen molar-refractivity contribution >= 4 is 17.2 Å². The fourth-order valence-corrected chi connectivity index (χ4v) is 3.80. The number of hydrogen-bond acceptors (Lipinski definition) is 8. The van der Waals surface area contributed by atoms with E-state index in [-0.39, 0.29) is 24.7 Å². The van der Waals surface area contributed by atoms with Gasteiger partial charge >= 0.3 is 0 Å². The number of aromatic nitrogens is 1. The highest BCUT2D eigenvalue weighted by Crippen LogP contribution is 2.23. The Balaban J connectivity index is 1.83. The zero-order valence-corrected chi connectivity index (χ0v) is 16.2. The van der Waals surface area contributed by atoms with Crippen molar-refractivity contribution in [3.63, 3.8) is 0 Å². The SMILES string of the molecule is Cc1cccc(CN(C[C@@H]2O[C@H](CO)[C@@H](O)[C@H](O)[C@@H]2O)C(=O)c2cscn2)c1. The van der Waals surface area contributed by atoms with E-state index in [9.17, 15) is 25.2 Å². The summed E-state index contributed by atoms with van der Waals surface area (Å²) in [5.41, 5.74) is 3.79. The third-order valence-corrected chi connectivity index (χ3v) is 5.37. The molecule has 1 saturated heterocycles. The van der Waals surface area contributed by atoms with Gasteiger partial charge in [-0.2, -0.15) is 0 Å². The van der Waals surface area contributed by atoms with E-state index in [1.54, 1.807) is 10.9 Å². The van der Waals surface area contributed by atoms with Crippen LogP contribution in [-0.4, -0.2) is 79.9 Å². The molecule has 3 rings (SSSR count). The Kier molecular flexibility index (Phi) is 6.76. The normalized spacial score (nSPS) is 27.5. The van der Waals surface area contributed by atoms with Crippen LogP contribution in [0.5, 0.6) is 0 Å². The second-order valence-corrected chi connectivity index (χ2v) is 7.63. The molecule has 2 heterocycles. The maximum atomic E-state index is 12.9. The monoisotopic (exact) mass is 408 g/mol. The molecule has 0 saturated carbocycles. The molecule has 0 spiro atoms. The number of aliphatic hydroxyl groups excluding tert-OH is 4.